The fraction of sp³-hybridized carbons (Fsp3) is 0.0435. The topological polar surface area (TPSA) is 110 Å². The number of non-ortho nitro benzene ring substituents is 1. The molecule has 2 aromatic heterocycles. The summed E-state index contributed by atoms with van der Waals surface area (Å²) in [7, 11) is 0. The molecular weight excluding hydrogens is 394 g/mol. The smallest absolute Gasteiger partial charge is 0.267 e. The van der Waals surface area contributed by atoms with Crippen LogP contribution in [0.15, 0.2) is 84.2 Å². The van der Waals surface area contributed by atoms with Crippen molar-refractivity contribution in [1.29, 1.82) is 0 Å². The molecule has 2 heterocycles. The fourth-order valence-corrected chi connectivity index (χ4v) is 3.14. The van der Waals surface area contributed by atoms with Gasteiger partial charge < -0.3 is 0 Å². The van der Waals surface area contributed by atoms with Crippen molar-refractivity contribution >= 4 is 28.2 Å². The van der Waals surface area contributed by atoms with E-state index < -0.39 is 10.8 Å². The van der Waals surface area contributed by atoms with Gasteiger partial charge in [-0.05, 0) is 31.2 Å². The quantitative estimate of drug-likeness (QED) is 0.298. The van der Waals surface area contributed by atoms with Crippen LogP contribution in [0.2, 0.25) is 0 Å². The predicted molar refractivity (Wildman–Crippen MR) is 118 cm³/mol. The van der Waals surface area contributed by atoms with E-state index in [0.717, 1.165) is 5.56 Å². The molecule has 8 heteroatoms. The van der Waals surface area contributed by atoms with E-state index in [2.05, 4.69) is 20.5 Å². The highest BCUT2D eigenvalue weighted by molar-refractivity contribution is 6.08. The second-order valence-electron chi connectivity index (χ2n) is 6.75. The minimum atomic E-state index is -0.473. The third-order valence-corrected chi connectivity index (χ3v) is 4.74. The average molecular weight is 411 g/mol. The van der Waals surface area contributed by atoms with E-state index in [1.165, 1.54) is 12.1 Å². The molecule has 0 saturated heterocycles. The van der Waals surface area contributed by atoms with E-state index in [-0.39, 0.29) is 5.69 Å². The number of nitrogens with zero attached hydrogens (tertiary/aromatic N) is 4. The summed E-state index contributed by atoms with van der Waals surface area (Å²) in [6, 6.07) is 18.8. The SMILES string of the molecule is C/C(=N\NC(=O)c1cc(-c2ccncc2)nc2ccccc12)c1cccc([N+](=O)[O-])c1. The first-order valence-corrected chi connectivity index (χ1v) is 9.42. The number of aromatic nitrogens is 2. The van der Waals surface area contributed by atoms with E-state index >= 15 is 0 Å². The van der Waals surface area contributed by atoms with Gasteiger partial charge in [0.1, 0.15) is 0 Å². The van der Waals surface area contributed by atoms with Crippen molar-refractivity contribution in [2.75, 3.05) is 0 Å². The molecule has 0 atom stereocenters. The Morgan fingerprint density at radius 1 is 1.03 bits per heavy atom. The molecule has 0 aliphatic carbocycles. The molecule has 152 valence electrons. The van der Waals surface area contributed by atoms with E-state index in [9.17, 15) is 14.9 Å². The van der Waals surface area contributed by atoms with Gasteiger partial charge in [0, 0.05) is 41.0 Å². The zero-order valence-corrected chi connectivity index (χ0v) is 16.5. The Balaban J connectivity index is 1.68. The molecule has 0 unspecified atom stereocenters. The monoisotopic (exact) mass is 411 g/mol. The van der Waals surface area contributed by atoms with Gasteiger partial charge in [0.05, 0.1) is 27.4 Å². The molecule has 2 aromatic carbocycles. The third kappa shape index (κ3) is 4.27. The van der Waals surface area contributed by atoms with E-state index in [1.54, 1.807) is 37.5 Å². The van der Waals surface area contributed by atoms with Crippen molar-refractivity contribution in [3.8, 4) is 11.3 Å². The number of hydrogen-bond acceptors (Lipinski definition) is 6. The number of amides is 1. The first-order valence-electron chi connectivity index (χ1n) is 9.42. The molecule has 4 rings (SSSR count). The normalized spacial score (nSPS) is 11.3. The minimum Gasteiger partial charge on any atom is -0.267 e. The zero-order chi connectivity index (χ0) is 21.8. The molecule has 0 saturated carbocycles. The minimum absolute atomic E-state index is 0.0412. The molecule has 1 amide bonds. The zero-order valence-electron chi connectivity index (χ0n) is 16.5. The predicted octanol–water partition coefficient (Wildman–Crippen LogP) is 4.36. The Kier molecular flexibility index (Phi) is 5.44. The van der Waals surface area contributed by atoms with Crippen molar-refractivity contribution < 1.29 is 9.72 Å². The van der Waals surface area contributed by atoms with E-state index in [1.807, 2.05) is 36.4 Å². The Morgan fingerprint density at radius 3 is 2.58 bits per heavy atom. The maximum absolute atomic E-state index is 13.0. The summed E-state index contributed by atoms with van der Waals surface area (Å²) in [5.74, 6) is -0.404. The van der Waals surface area contributed by atoms with E-state index in [4.69, 9.17) is 0 Å². The lowest BCUT2D eigenvalue weighted by molar-refractivity contribution is -0.384. The number of carbonyl (C=O) groups excluding carboxylic acids is 1. The molecule has 31 heavy (non-hydrogen) atoms. The van der Waals surface area contributed by atoms with Gasteiger partial charge in [-0.3, -0.25) is 19.9 Å². The van der Waals surface area contributed by atoms with Crippen LogP contribution in [-0.2, 0) is 0 Å². The van der Waals surface area contributed by atoms with Crippen LogP contribution in [0.5, 0.6) is 0 Å². The molecule has 0 fully saturated rings. The molecule has 0 bridgehead atoms. The number of benzene rings is 2. The van der Waals surface area contributed by atoms with Crippen molar-refractivity contribution in [2.45, 2.75) is 6.92 Å². The summed E-state index contributed by atoms with van der Waals surface area (Å²) in [6.07, 6.45) is 3.33. The van der Waals surface area contributed by atoms with Crippen molar-refractivity contribution in [2.24, 2.45) is 5.10 Å². The summed E-state index contributed by atoms with van der Waals surface area (Å²) < 4.78 is 0. The standard InChI is InChI=1S/C23H17N5O3/c1-15(17-5-4-6-18(13-17)28(30)31)26-27-23(29)20-14-22(16-9-11-24-12-10-16)25-21-8-3-2-7-19(20)21/h2-14H,1H3,(H,27,29)/b26-15+. The van der Waals surface area contributed by atoms with Crippen LogP contribution in [0.1, 0.15) is 22.8 Å². The number of carbonyl (C=O) groups is 1. The van der Waals surface area contributed by atoms with Crippen LogP contribution in [-0.4, -0.2) is 26.5 Å². The lowest BCUT2D eigenvalue weighted by atomic mass is 10.0. The molecule has 0 radical (unpaired) electrons. The summed E-state index contributed by atoms with van der Waals surface area (Å²) in [6.45, 7) is 1.67. The Morgan fingerprint density at radius 2 is 1.81 bits per heavy atom. The van der Waals surface area contributed by atoms with Crippen LogP contribution in [0.25, 0.3) is 22.2 Å². The maximum Gasteiger partial charge on any atom is 0.272 e. The average Bonchev–Trinajstić information content (AvgIpc) is 2.82. The number of nitrogens with one attached hydrogen (secondary N) is 1. The van der Waals surface area contributed by atoms with Gasteiger partial charge in [0.15, 0.2) is 0 Å². The molecule has 1 N–H and O–H groups in total. The van der Waals surface area contributed by atoms with Gasteiger partial charge in [-0.1, -0.05) is 30.3 Å². The lowest BCUT2D eigenvalue weighted by Gasteiger charge is -2.09. The molecular formula is C23H17N5O3. The lowest BCUT2D eigenvalue weighted by Crippen LogP contribution is -2.20. The van der Waals surface area contributed by atoms with Crippen LogP contribution < -0.4 is 5.43 Å². The number of rotatable bonds is 5. The van der Waals surface area contributed by atoms with Gasteiger partial charge in [0.25, 0.3) is 11.6 Å². The summed E-state index contributed by atoms with van der Waals surface area (Å²) in [4.78, 5) is 32.2. The molecule has 8 nitrogen and oxygen atoms in total. The van der Waals surface area contributed by atoms with Crippen LogP contribution in [0.3, 0.4) is 0 Å². The van der Waals surface area contributed by atoms with Crippen molar-refractivity contribution in [3.05, 3.63) is 100 Å². The largest absolute Gasteiger partial charge is 0.272 e. The molecule has 0 aliphatic heterocycles. The third-order valence-electron chi connectivity index (χ3n) is 4.74. The molecule has 0 aliphatic rings. The number of nitro benzene ring substituents is 1. The summed E-state index contributed by atoms with van der Waals surface area (Å²) in [5.41, 5.74) is 6.10. The van der Waals surface area contributed by atoms with Crippen LogP contribution >= 0.6 is 0 Å². The van der Waals surface area contributed by atoms with E-state index in [0.29, 0.717) is 33.4 Å². The number of hydrogen-bond donors (Lipinski definition) is 1. The first-order chi connectivity index (χ1) is 15.0. The van der Waals surface area contributed by atoms with Gasteiger partial charge in [-0.15, -0.1) is 0 Å². The fourth-order valence-electron chi connectivity index (χ4n) is 3.14. The second-order valence-corrected chi connectivity index (χ2v) is 6.75. The number of pyridine rings is 2. The van der Waals surface area contributed by atoms with Crippen molar-refractivity contribution in [1.82, 2.24) is 15.4 Å². The van der Waals surface area contributed by atoms with Gasteiger partial charge in [-0.2, -0.15) is 5.10 Å². The number of fused-ring (bicyclic) bond motifs is 1. The first kappa shape index (κ1) is 19.8. The highest BCUT2D eigenvalue weighted by atomic mass is 16.6. The number of nitro groups is 1. The summed E-state index contributed by atoms with van der Waals surface area (Å²) >= 11 is 0. The Hall–Kier alpha value is -4.46. The number of hydrazone groups is 1. The maximum atomic E-state index is 13.0. The van der Waals surface area contributed by atoms with Gasteiger partial charge in [-0.25, -0.2) is 10.4 Å². The van der Waals surface area contributed by atoms with Crippen molar-refractivity contribution in [3.63, 3.8) is 0 Å². The molecule has 0 spiro atoms. The van der Waals surface area contributed by atoms with Gasteiger partial charge >= 0.3 is 0 Å². The Bertz CT molecular complexity index is 1320. The van der Waals surface area contributed by atoms with Gasteiger partial charge in [0.2, 0.25) is 0 Å². The number of para-hydroxylation sites is 1. The van der Waals surface area contributed by atoms with Crippen LogP contribution in [0.4, 0.5) is 5.69 Å². The van der Waals surface area contributed by atoms with Crippen LogP contribution in [0, 0.1) is 10.1 Å². The molecule has 4 aromatic rings. The summed E-state index contributed by atoms with van der Waals surface area (Å²) in [5, 5.41) is 15.8. The Labute approximate surface area is 177 Å². The highest BCUT2D eigenvalue weighted by Gasteiger charge is 2.14. The second kappa shape index (κ2) is 8.50. The highest BCUT2D eigenvalue weighted by Crippen LogP contribution is 2.24.